The SMILES string of the molecule is CCOc1ccc(N=Nc2ccc(O)c(C)c2)cc1. The molecule has 0 aromatic heterocycles. The van der Waals surface area contributed by atoms with E-state index >= 15 is 0 Å². The first-order valence-electron chi connectivity index (χ1n) is 6.13. The van der Waals surface area contributed by atoms with Crippen LogP contribution < -0.4 is 4.74 Å². The predicted octanol–water partition coefficient (Wildman–Crippen LogP) is 4.51. The van der Waals surface area contributed by atoms with E-state index in [0.29, 0.717) is 12.3 Å². The molecular weight excluding hydrogens is 240 g/mol. The zero-order chi connectivity index (χ0) is 13.7. The summed E-state index contributed by atoms with van der Waals surface area (Å²) < 4.78 is 5.35. The highest BCUT2D eigenvalue weighted by Gasteiger charge is 1.97. The molecule has 4 nitrogen and oxygen atoms in total. The van der Waals surface area contributed by atoms with Crippen molar-refractivity contribution in [3.05, 3.63) is 48.0 Å². The van der Waals surface area contributed by atoms with Gasteiger partial charge in [-0.15, -0.1) is 0 Å². The lowest BCUT2D eigenvalue weighted by molar-refractivity contribution is 0.340. The summed E-state index contributed by atoms with van der Waals surface area (Å²) in [6.45, 7) is 4.42. The minimum absolute atomic E-state index is 0.264. The van der Waals surface area contributed by atoms with Gasteiger partial charge in [0.25, 0.3) is 0 Å². The molecule has 0 atom stereocenters. The molecule has 0 saturated heterocycles. The summed E-state index contributed by atoms with van der Waals surface area (Å²) in [4.78, 5) is 0. The number of phenols is 1. The number of ether oxygens (including phenoxy) is 1. The molecule has 4 heteroatoms. The van der Waals surface area contributed by atoms with Gasteiger partial charge in [-0.3, -0.25) is 0 Å². The molecule has 0 spiro atoms. The monoisotopic (exact) mass is 256 g/mol. The average molecular weight is 256 g/mol. The first-order valence-corrected chi connectivity index (χ1v) is 6.13. The van der Waals surface area contributed by atoms with Gasteiger partial charge in [0.1, 0.15) is 11.5 Å². The van der Waals surface area contributed by atoms with Crippen molar-refractivity contribution in [3.63, 3.8) is 0 Å². The van der Waals surface area contributed by atoms with Crippen LogP contribution in [0.5, 0.6) is 11.5 Å². The van der Waals surface area contributed by atoms with Crippen LogP contribution in [-0.4, -0.2) is 11.7 Å². The fraction of sp³-hybridized carbons (Fsp3) is 0.200. The predicted molar refractivity (Wildman–Crippen MR) is 74.6 cm³/mol. The second kappa shape index (κ2) is 6.00. The van der Waals surface area contributed by atoms with Crippen LogP contribution in [-0.2, 0) is 0 Å². The average Bonchev–Trinajstić information content (AvgIpc) is 2.42. The highest BCUT2D eigenvalue weighted by atomic mass is 16.5. The van der Waals surface area contributed by atoms with Crippen molar-refractivity contribution in [1.82, 2.24) is 0 Å². The van der Waals surface area contributed by atoms with Crippen LogP contribution in [0.4, 0.5) is 11.4 Å². The standard InChI is InChI=1S/C15H16N2O2/c1-3-19-14-7-4-12(5-8-14)16-17-13-6-9-15(18)11(2)10-13/h4-10,18H,3H2,1-2H3. The normalized spacial score (nSPS) is 10.8. The molecule has 98 valence electrons. The van der Waals surface area contributed by atoms with E-state index in [1.165, 1.54) is 0 Å². The number of rotatable bonds is 4. The number of hydrogen-bond donors (Lipinski definition) is 1. The van der Waals surface area contributed by atoms with Crippen LogP contribution in [0.1, 0.15) is 12.5 Å². The van der Waals surface area contributed by atoms with E-state index < -0.39 is 0 Å². The van der Waals surface area contributed by atoms with Crippen molar-refractivity contribution in [2.45, 2.75) is 13.8 Å². The van der Waals surface area contributed by atoms with Gasteiger partial charge in [0.2, 0.25) is 0 Å². The van der Waals surface area contributed by atoms with Gasteiger partial charge >= 0.3 is 0 Å². The minimum atomic E-state index is 0.264. The van der Waals surface area contributed by atoms with Gasteiger partial charge in [-0.1, -0.05) is 0 Å². The number of nitrogens with zero attached hydrogens (tertiary/aromatic N) is 2. The number of hydrogen-bond acceptors (Lipinski definition) is 4. The molecule has 0 heterocycles. The molecule has 2 aromatic rings. The van der Waals surface area contributed by atoms with E-state index in [9.17, 15) is 5.11 Å². The molecule has 1 N–H and O–H groups in total. The number of azo groups is 1. The summed E-state index contributed by atoms with van der Waals surface area (Å²) in [6, 6.07) is 12.5. The molecule has 0 aliphatic carbocycles. The molecule has 0 saturated carbocycles. The number of aryl methyl sites for hydroxylation is 1. The summed E-state index contributed by atoms with van der Waals surface area (Å²) in [6.07, 6.45) is 0. The van der Waals surface area contributed by atoms with E-state index in [1.54, 1.807) is 18.2 Å². The maximum Gasteiger partial charge on any atom is 0.119 e. The Balaban J connectivity index is 2.11. The van der Waals surface area contributed by atoms with Crippen molar-refractivity contribution >= 4 is 11.4 Å². The maximum atomic E-state index is 9.42. The lowest BCUT2D eigenvalue weighted by atomic mass is 10.2. The highest BCUT2D eigenvalue weighted by molar-refractivity contribution is 5.47. The Bertz CT molecular complexity index is 577. The molecular formula is C15H16N2O2. The Morgan fingerprint density at radius 3 is 2.26 bits per heavy atom. The third-order valence-electron chi connectivity index (χ3n) is 2.61. The third kappa shape index (κ3) is 3.55. The van der Waals surface area contributed by atoms with E-state index in [-0.39, 0.29) is 5.75 Å². The fourth-order valence-corrected chi connectivity index (χ4v) is 1.59. The molecule has 0 aliphatic rings. The number of benzene rings is 2. The van der Waals surface area contributed by atoms with Crippen LogP contribution >= 0.6 is 0 Å². The van der Waals surface area contributed by atoms with Crippen LogP contribution in [0, 0.1) is 6.92 Å². The van der Waals surface area contributed by atoms with Gasteiger partial charge in [-0.2, -0.15) is 10.2 Å². The number of phenolic OH excluding ortho intramolecular Hbond substituents is 1. The number of aromatic hydroxyl groups is 1. The zero-order valence-corrected chi connectivity index (χ0v) is 11.0. The first-order chi connectivity index (χ1) is 9.19. The second-order valence-electron chi connectivity index (χ2n) is 4.10. The molecule has 0 fully saturated rings. The van der Waals surface area contributed by atoms with E-state index in [0.717, 1.165) is 17.0 Å². The molecule has 0 bridgehead atoms. The van der Waals surface area contributed by atoms with Gasteiger partial charge in [0, 0.05) is 0 Å². The summed E-state index contributed by atoms with van der Waals surface area (Å²) >= 11 is 0. The van der Waals surface area contributed by atoms with Crippen LogP contribution in [0.2, 0.25) is 0 Å². The Labute approximate surface area is 112 Å². The van der Waals surface area contributed by atoms with Gasteiger partial charge in [-0.05, 0) is 61.9 Å². The van der Waals surface area contributed by atoms with Gasteiger partial charge in [0.15, 0.2) is 0 Å². The van der Waals surface area contributed by atoms with Gasteiger partial charge < -0.3 is 9.84 Å². The fourth-order valence-electron chi connectivity index (χ4n) is 1.59. The second-order valence-corrected chi connectivity index (χ2v) is 4.10. The van der Waals surface area contributed by atoms with Crippen molar-refractivity contribution in [2.24, 2.45) is 10.2 Å². The van der Waals surface area contributed by atoms with Crippen LogP contribution in [0.3, 0.4) is 0 Å². The van der Waals surface area contributed by atoms with E-state index in [2.05, 4.69) is 10.2 Å². The summed E-state index contributed by atoms with van der Waals surface area (Å²) in [5.74, 6) is 1.09. The Hall–Kier alpha value is -2.36. The zero-order valence-electron chi connectivity index (χ0n) is 11.0. The molecule has 0 amide bonds. The largest absolute Gasteiger partial charge is 0.508 e. The molecule has 2 rings (SSSR count). The Morgan fingerprint density at radius 1 is 1.00 bits per heavy atom. The summed E-state index contributed by atoms with van der Waals surface area (Å²) in [5.41, 5.74) is 2.25. The third-order valence-corrected chi connectivity index (χ3v) is 2.61. The molecule has 0 radical (unpaired) electrons. The van der Waals surface area contributed by atoms with Crippen molar-refractivity contribution in [1.29, 1.82) is 0 Å². The lowest BCUT2D eigenvalue weighted by Gasteiger charge is -2.02. The lowest BCUT2D eigenvalue weighted by Crippen LogP contribution is -1.89. The van der Waals surface area contributed by atoms with Gasteiger partial charge in [-0.25, -0.2) is 0 Å². The molecule has 0 aliphatic heterocycles. The van der Waals surface area contributed by atoms with Gasteiger partial charge in [0.05, 0.1) is 18.0 Å². The van der Waals surface area contributed by atoms with Crippen LogP contribution in [0.25, 0.3) is 0 Å². The molecule has 2 aromatic carbocycles. The van der Waals surface area contributed by atoms with E-state index in [4.69, 9.17) is 4.74 Å². The first kappa shape index (κ1) is 13.1. The maximum absolute atomic E-state index is 9.42. The van der Waals surface area contributed by atoms with Crippen molar-refractivity contribution in [2.75, 3.05) is 6.61 Å². The Morgan fingerprint density at radius 2 is 1.63 bits per heavy atom. The molecule has 19 heavy (non-hydrogen) atoms. The topological polar surface area (TPSA) is 54.2 Å². The summed E-state index contributed by atoms with van der Waals surface area (Å²) in [5, 5.41) is 17.7. The molecule has 0 unspecified atom stereocenters. The van der Waals surface area contributed by atoms with Crippen molar-refractivity contribution in [3.8, 4) is 11.5 Å². The Kier molecular flexibility index (Phi) is 4.13. The van der Waals surface area contributed by atoms with Crippen LogP contribution in [0.15, 0.2) is 52.7 Å². The van der Waals surface area contributed by atoms with E-state index in [1.807, 2.05) is 38.1 Å². The minimum Gasteiger partial charge on any atom is -0.508 e. The highest BCUT2D eigenvalue weighted by Crippen LogP contribution is 2.25. The quantitative estimate of drug-likeness (QED) is 0.818. The summed E-state index contributed by atoms with van der Waals surface area (Å²) in [7, 11) is 0. The smallest absolute Gasteiger partial charge is 0.119 e. The van der Waals surface area contributed by atoms with Crippen molar-refractivity contribution < 1.29 is 9.84 Å².